The van der Waals surface area contributed by atoms with Gasteiger partial charge in [-0.05, 0) is 25.0 Å². The molecule has 0 radical (unpaired) electrons. The molecule has 3 heterocycles. The Morgan fingerprint density at radius 3 is 2.86 bits per heavy atom. The van der Waals surface area contributed by atoms with E-state index in [4.69, 9.17) is 4.52 Å². The van der Waals surface area contributed by atoms with Crippen molar-refractivity contribution < 1.29 is 18.5 Å². The van der Waals surface area contributed by atoms with Crippen LogP contribution in [0, 0.1) is 5.82 Å². The van der Waals surface area contributed by atoms with Crippen molar-refractivity contribution >= 4 is 39.3 Å². The van der Waals surface area contributed by atoms with Crippen LogP contribution in [0.1, 0.15) is 37.3 Å². The molecule has 2 aromatic heterocycles. The molecule has 3 aromatic rings. The Bertz CT molecular complexity index is 980. The summed E-state index contributed by atoms with van der Waals surface area (Å²) >= 11 is 1.34. The molecular formula is C19H19FN4O3S. The number of rotatable bonds is 5. The number of nitrogens with one attached hydrogen (secondary N) is 1. The summed E-state index contributed by atoms with van der Waals surface area (Å²) in [5.41, 5.74) is 1.27. The first kappa shape index (κ1) is 18.5. The highest BCUT2D eigenvalue weighted by atomic mass is 32.1. The van der Waals surface area contributed by atoms with Crippen LogP contribution in [0.15, 0.2) is 34.3 Å². The van der Waals surface area contributed by atoms with Gasteiger partial charge in [-0.2, -0.15) is 0 Å². The number of piperidine rings is 1. The lowest BCUT2D eigenvalue weighted by atomic mass is 9.91. The minimum Gasteiger partial charge on any atom is -0.356 e. The van der Waals surface area contributed by atoms with Crippen molar-refractivity contribution in [3.05, 3.63) is 41.3 Å². The zero-order valence-electron chi connectivity index (χ0n) is 15.1. The first-order valence-electron chi connectivity index (χ1n) is 9.12. The third-order valence-corrected chi connectivity index (χ3v) is 5.63. The monoisotopic (exact) mass is 402 g/mol. The van der Waals surface area contributed by atoms with Crippen molar-refractivity contribution in [2.75, 3.05) is 18.4 Å². The number of carbonyl (C=O) groups excluding carboxylic acids is 2. The number of fused-ring (bicyclic) bond motifs is 1. The molecule has 0 atom stereocenters. The second kappa shape index (κ2) is 8.05. The van der Waals surface area contributed by atoms with Crippen LogP contribution in [0.2, 0.25) is 0 Å². The van der Waals surface area contributed by atoms with E-state index in [0.29, 0.717) is 23.8 Å². The maximum absolute atomic E-state index is 13.3. The molecule has 0 bridgehead atoms. The molecule has 4 rings (SSSR count). The van der Waals surface area contributed by atoms with Gasteiger partial charge < -0.3 is 14.7 Å². The molecule has 9 heteroatoms. The fourth-order valence-corrected chi connectivity index (χ4v) is 4.02. The number of carbonyl (C=O) groups is 2. The molecule has 0 aliphatic carbocycles. The van der Waals surface area contributed by atoms with Crippen LogP contribution < -0.4 is 5.32 Å². The number of amides is 2. The molecule has 1 aliphatic heterocycles. The Morgan fingerprint density at radius 1 is 1.29 bits per heavy atom. The minimum atomic E-state index is -0.352. The molecule has 1 saturated heterocycles. The summed E-state index contributed by atoms with van der Waals surface area (Å²) in [6.45, 7) is 1.21. The Balaban J connectivity index is 1.28. The van der Waals surface area contributed by atoms with Gasteiger partial charge in [0.25, 0.3) is 0 Å². The van der Waals surface area contributed by atoms with E-state index in [1.807, 2.05) is 0 Å². The molecule has 146 valence electrons. The van der Waals surface area contributed by atoms with Gasteiger partial charge in [0.2, 0.25) is 11.8 Å². The van der Waals surface area contributed by atoms with E-state index in [9.17, 15) is 14.0 Å². The minimum absolute atomic E-state index is 0.0279. The lowest BCUT2D eigenvalue weighted by Crippen LogP contribution is -2.38. The Morgan fingerprint density at radius 2 is 2.11 bits per heavy atom. The average Bonchev–Trinajstić information content (AvgIpc) is 3.35. The molecule has 7 nitrogen and oxygen atoms in total. The molecule has 28 heavy (non-hydrogen) atoms. The zero-order chi connectivity index (χ0) is 19.5. The number of nitrogens with zero attached hydrogens (tertiary/aromatic N) is 3. The quantitative estimate of drug-likeness (QED) is 0.705. The van der Waals surface area contributed by atoms with Crippen molar-refractivity contribution in [2.24, 2.45) is 0 Å². The van der Waals surface area contributed by atoms with E-state index in [1.165, 1.54) is 23.5 Å². The lowest BCUT2D eigenvalue weighted by molar-refractivity contribution is -0.133. The third kappa shape index (κ3) is 4.04. The van der Waals surface area contributed by atoms with E-state index in [1.54, 1.807) is 22.5 Å². The molecule has 0 saturated carbocycles. The van der Waals surface area contributed by atoms with E-state index >= 15 is 0 Å². The Hall–Kier alpha value is -2.81. The summed E-state index contributed by atoms with van der Waals surface area (Å²) in [6.07, 6.45) is 3.45. The highest BCUT2D eigenvalue weighted by molar-refractivity contribution is 7.13. The number of hydrogen-bond acceptors (Lipinski definition) is 6. The van der Waals surface area contributed by atoms with Crippen LogP contribution >= 0.6 is 11.3 Å². The van der Waals surface area contributed by atoms with Crippen molar-refractivity contribution in [3.63, 3.8) is 0 Å². The van der Waals surface area contributed by atoms with Gasteiger partial charge in [-0.1, -0.05) is 5.16 Å². The molecular weight excluding hydrogens is 383 g/mol. The number of thiazole rings is 1. The average molecular weight is 402 g/mol. The SMILES string of the molecule is O=C(CCC(=O)N1CCC(c2noc3cc(F)ccc23)CC1)Nc1nccs1. The van der Waals surface area contributed by atoms with Crippen LogP contribution in [-0.4, -0.2) is 39.9 Å². The van der Waals surface area contributed by atoms with Crippen LogP contribution in [0.4, 0.5) is 9.52 Å². The van der Waals surface area contributed by atoms with E-state index in [2.05, 4.69) is 15.5 Å². The number of hydrogen-bond donors (Lipinski definition) is 1. The smallest absolute Gasteiger partial charge is 0.226 e. The largest absolute Gasteiger partial charge is 0.356 e. The van der Waals surface area contributed by atoms with Crippen molar-refractivity contribution in [2.45, 2.75) is 31.6 Å². The molecule has 0 spiro atoms. The summed E-state index contributed by atoms with van der Waals surface area (Å²) in [4.78, 5) is 30.1. The molecule has 0 unspecified atom stereocenters. The maximum Gasteiger partial charge on any atom is 0.226 e. The van der Waals surface area contributed by atoms with Gasteiger partial charge in [-0.15, -0.1) is 11.3 Å². The molecule has 1 aromatic carbocycles. The highest BCUT2D eigenvalue weighted by Gasteiger charge is 2.27. The third-order valence-electron chi connectivity index (χ3n) is 4.94. The zero-order valence-corrected chi connectivity index (χ0v) is 15.9. The lowest BCUT2D eigenvalue weighted by Gasteiger charge is -2.31. The van der Waals surface area contributed by atoms with E-state index in [0.717, 1.165) is 23.9 Å². The van der Waals surface area contributed by atoms with Gasteiger partial charge in [0.05, 0.1) is 5.69 Å². The predicted molar refractivity (Wildman–Crippen MR) is 102 cm³/mol. The van der Waals surface area contributed by atoms with Gasteiger partial charge in [0.1, 0.15) is 5.82 Å². The summed E-state index contributed by atoms with van der Waals surface area (Å²) in [6, 6.07) is 4.43. The molecule has 2 amide bonds. The first-order chi connectivity index (χ1) is 13.6. The Labute approximate surface area is 164 Å². The van der Waals surface area contributed by atoms with E-state index < -0.39 is 0 Å². The van der Waals surface area contributed by atoms with Gasteiger partial charge >= 0.3 is 0 Å². The number of benzene rings is 1. The second-order valence-corrected chi connectivity index (χ2v) is 7.64. The van der Waals surface area contributed by atoms with Gasteiger partial charge in [-0.25, -0.2) is 9.37 Å². The highest BCUT2D eigenvalue weighted by Crippen LogP contribution is 2.33. The summed E-state index contributed by atoms with van der Waals surface area (Å²) < 4.78 is 18.5. The topological polar surface area (TPSA) is 88.3 Å². The molecule has 1 N–H and O–H groups in total. The maximum atomic E-state index is 13.3. The van der Waals surface area contributed by atoms with Crippen molar-refractivity contribution in [1.29, 1.82) is 0 Å². The van der Waals surface area contributed by atoms with Gasteiger partial charge in [-0.3, -0.25) is 9.59 Å². The first-order valence-corrected chi connectivity index (χ1v) is 10.00. The van der Waals surface area contributed by atoms with E-state index in [-0.39, 0.29) is 36.4 Å². The van der Waals surface area contributed by atoms with Crippen molar-refractivity contribution in [3.8, 4) is 0 Å². The number of aromatic nitrogens is 2. The van der Waals surface area contributed by atoms with Gasteiger partial charge in [0, 0.05) is 54.9 Å². The fourth-order valence-electron chi connectivity index (χ4n) is 3.47. The van der Waals surface area contributed by atoms with Crippen molar-refractivity contribution in [1.82, 2.24) is 15.0 Å². The Kier molecular flexibility index (Phi) is 5.34. The molecule has 1 aliphatic rings. The normalized spacial score (nSPS) is 15.1. The standard InChI is InChI=1S/C19H19FN4O3S/c20-13-1-2-14-15(11-13)27-23-18(14)12-5-8-24(9-6-12)17(26)4-3-16(25)22-19-21-7-10-28-19/h1-2,7,10-12H,3-6,8-9H2,(H,21,22,25). The summed E-state index contributed by atoms with van der Waals surface area (Å²) in [7, 11) is 0. The number of halogens is 1. The van der Waals surface area contributed by atoms with Crippen LogP contribution in [0.25, 0.3) is 11.0 Å². The number of anilines is 1. The second-order valence-electron chi connectivity index (χ2n) is 6.75. The summed E-state index contributed by atoms with van der Waals surface area (Å²) in [5.74, 6) is -0.419. The van der Waals surface area contributed by atoms with Crippen LogP contribution in [-0.2, 0) is 9.59 Å². The van der Waals surface area contributed by atoms with Crippen LogP contribution in [0.5, 0.6) is 0 Å². The van der Waals surface area contributed by atoms with Gasteiger partial charge in [0.15, 0.2) is 10.7 Å². The number of likely N-dealkylation sites (tertiary alicyclic amines) is 1. The van der Waals surface area contributed by atoms with Crippen LogP contribution in [0.3, 0.4) is 0 Å². The summed E-state index contributed by atoms with van der Waals surface area (Å²) in [5, 5.41) is 9.94. The fraction of sp³-hybridized carbons (Fsp3) is 0.368. The predicted octanol–water partition coefficient (Wildman–Crippen LogP) is 3.55. The molecule has 1 fully saturated rings.